The molecule has 5 aromatic rings. The minimum Gasteiger partial charge on any atom is -0.661 e. The molecule has 20 heteroatoms. The first-order chi connectivity index (χ1) is 32.7. The average molecular weight is 1040 g/mol. The minimum atomic E-state index is -5.16. The van der Waals surface area contributed by atoms with Crippen LogP contribution >= 0.6 is 0 Å². The number of rotatable bonds is 11. The topological polar surface area (TPSA) is 37.3 Å². The fourth-order valence-corrected chi connectivity index (χ4v) is 8.01. The standard InChI is InChI=1S/C29H41N2.C18HBF15.C4H8O.Ca/c1-18(2)24-13-11-14-25(19(3)4)28(24)30-22(9)17-23(10)31-29-26(20(5)6)15-12-16-27(29)21(7)8;20-4-1(5(21)11(27)16(32)10(4)26)19(2-6(22)12(28)17(33)13(29)7(2)23)3-8(24)14(30)18(34)15(31)9(3)25;1-2-4-5-3-1;/h11-21H,1-10H3;19H;1-4H2;/q2*-1;;+2/p+1/b22-17-,31-23?;;;. The first-order valence-corrected chi connectivity index (χ1v) is 22.3. The Morgan fingerprint density at radius 1 is 0.465 bits per heavy atom. The minimum absolute atomic E-state index is 0. The van der Waals surface area contributed by atoms with E-state index in [1.807, 2.05) is 0 Å². The molecule has 0 aromatic heterocycles. The second kappa shape index (κ2) is 26.0. The van der Waals surface area contributed by atoms with Gasteiger partial charge in [0.25, 0.3) is 0 Å². The van der Waals surface area contributed by atoms with Crippen LogP contribution in [0.2, 0.25) is 0 Å². The molecule has 1 N–H and O–H groups in total. The number of allylic oxidation sites excluding steroid dienone is 2. The van der Waals surface area contributed by atoms with Gasteiger partial charge in [-0.3, -0.25) is 0 Å². The molecule has 0 radical (unpaired) electrons. The zero-order valence-electron chi connectivity index (χ0n) is 40.6. The summed E-state index contributed by atoms with van der Waals surface area (Å²) in [6, 6.07) is 13.2. The van der Waals surface area contributed by atoms with E-state index in [2.05, 4.69) is 117 Å². The molecule has 3 nitrogen and oxygen atoms in total. The Morgan fingerprint density at radius 3 is 0.986 bits per heavy atom. The van der Waals surface area contributed by atoms with Gasteiger partial charge in [-0.2, -0.15) is 5.70 Å². The van der Waals surface area contributed by atoms with Gasteiger partial charge in [0.05, 0.1) is 6.71 Å². The Labute approximate surface area is 433 Å². The summed E-state index contributed by atoms with van der Waals surface area (Å²) in [5.41, 5.74) is 2.10. The molecule has 0 spiro atoms. The van der Waals surface area contributed by atoms with Crippen molar-refractivity contribution in [2.24, 2.45) is 0 Å². The van der Waals surface area contributed by atoms with Crippen LogP contribution in [0.25, 0.3) is 5.32 Å². The SMILES string of the molecule is C1CCOC1.CC(/C=C(/C)[N-]c1c(C(C)C)cccc1C(C)C)=[NH+]c1c(C(C)C)cccc1C(C)C.Fc1c(F)c(F)c([BH-](c2c(F)c(F)c(F)c(F)c2F)c2c(F)c(F)c(F)c(F)c2F)c(F)c1F.[Ca+2]. The molecule has 71 heavy (non-hydrogen) atoms. The summed E-state index contributed by atoms with van der Waals surface area (Å²) in [5, 5.41) is 5.10. The molecular formula is C51H51BCaF15N2O+. The van der Waals surface area contributed by atoms with Crippen LogP contribution in [-0.4, -0.2) is 63.4 Å². The molecule has 1 fully saturated rings. The molecule has 6 rings (SSSR count). The van der Waals surface area contributed by atoms with Gasteiger partial charge in [-0.05, 0) is 42.6 Å². The molecule has 1 aliphatic heterocycles. The van der Waals surface area contributed by atoms with Gasteiger partial charge in [-0.15, -0.1) is 22.1 Å². The van der Waals surface area contributed by atoms with Gasteiger partial charge in [0.1, 0.15) is 34.9 Å². The van der Waals surface area contributed by atoms with E-state index in [1.54, 1.807) is 0 Å². The maximum Gasteiger partial charge on any atom is 2.00 e. The largest absolute Gasteiger partial charge is 2.00 e. The monoisotopic (exact) mass is 1040 g/mol. The predicted octanol–water partition coefficient (Wildman–Crippen LogP) is 12.4. The molecule has 0 aliphatic carbocycles. The van der Waals surface area contributed by atoms with Crippen LogP contribution in [-0.2, 0) is 4.74 Å². The molecule has 0 unspecified atom stereocenters. The number of halogens is 15. The second-order valence-corrected chi connectivity index (χ2v) is 17.9. The molecule has 0 bridgehead atoms. The van der Waals surface area contributed by atoms with Gasteiger partial charge in [-0.25, -0.2) is 70.8 Å². The summed E-state index contributed by atoms with van der Waals surface area (Å²) < 4.78 is 214. The predicted molar refractivity (Wildman–Crippen MR) is 248 cm³/mol. The average Bonchev–Trinajstić information content (AvgIpc) is 3.91. The molecule has 0 amide bonds. The van der Waals surface area contributed by atoms with Crippen molar-refractivity contribution in [3.8, 4) is 0 Å². The van der Waals surface area contributed by atoms with E-state index in [9.17, 15) is 65.9 Å². The summed E-state index contributed by atoms with van der Waals surface area (Å²) in [5.74, 6) is -43.0. The van der Waals surface area contributed by atoms with Gasteiger partial charge in [0.2, 0.25) is 5.69 Å². The van der Waals surface area contributed by atoms with Gasteiger partial charge < -0.3 is 10.1 Å². The van der Waals surface area contributed by atoms with Crippen LogP contribution in [0.15, 0.2) is 48.2 Å². The maximum atomic E-state index is 14.4. The third-order valence-electron chi connectivity index (χ3n) is 11.5. The normalized spacial score (nSPS) is 13.0. The van der Waals surface area contributed by atoms with Gasteiger partial charge in [0, 0.05) is 31.3 Å². The van der Waals surface area contributed by atoms with Gasteiger partial charge in [0.15, 0.2) is 58.1 Å². The Morgan fingerprint density at radius 2 is 0.732 bits per heavy atom. The van der Waals surface area contributed by atoms with Gasteiger partial charge in [-0.1, -0.05) is 110 Å². The molecule has 0 atom stereocenters. The number of hydrogen-bond acceptors (Lipinski definition) is 1. The summed E-state index contributed by atoms with van der Waals surface area (Å²) in [6.07, 6.45) is 4.72. The van der Waals surface area contributed by atoms with Crippen molar-refractivity contribution in [1.82, 2.24) is 0 Å². The second-order valence-electron chi connectivity index (χ2n) is 17.9. The van der Waals surface area contributed by atoms with E-state index in [1.165, 1.54) is 40.8 Å². The van der Waals surface area contributed by atoms with Crippen LogP contribution in [0, 0.1) is 87.3 Å². The number of hydrogen-bond donors (Lipinski definition) is 1. The van der Waals surface area contributed by atoms with Crippen molar-refractivity contribution >= 4 is 77.9 Å². The maximum absolute atomic E-state index is 14.4. The summed E-state index contributed by atoms with van der Waals surface area (Å²) in [6.45, 7) is 19.1. The van der Waals surface area contributed by atoms with Crippen LogP contribution < -0.4 is 21.4 Å². The zero-order valence-corrected chi connectivity index (χ0v) is 42.8. The van der Waals surface area contributed by atoms with E-state index < -0.39 is 110 Å². The summed E-state index contributed by atoms with van der Waals surface area (Å²) >= 11 is 0. The number of para-hydroxylation sites is 2. The van der Waals surface area contributed by atoms with Crippen molar-refractivity contribution in [2.75, 3.05) is 13.2 Å². The number of nitrogens with zero attached hydrogens (tertiary/aromatic N) is 1. The molecule has 1 saturated heterocycles. The van der Waals surface area contributed by atoms with Crippen LogP contribution in [0.3, 0.4) is 0 Å². The van der Waals surface area contributed by atoms with E-state index in [-0.39, 0.29) is 37.7 Å². The molecule has 0 saturated carbocycles. The van der Waals surface area contributed by atoms with Crippen molar-refractivity contribution in [3.63, 3.8) is 0 Å². The third kappa shape index (κ3) is 13.4. The molecule has 1 heterocycles. The van der Waals surface area contributed by atoms with Crippen molar-refractivity contribution < 1.29 is 75.6 Å². The van der Waals surface area contributed by atoms with Crippen LogP contribution in [0.4, 0.5) is 77.2 Å². The fraction of sp³-hybridized carbons (Fsp3) is 0.353. The smallest absolute Gasteiger partial charge is 0.661 e. The quantitative estimate of drug-likeness (QED) is 0.0462. The fourth-order valence-electron chi connectivity index (χ4n) is 8.01. The Hall–Kier alpha value is -4.46. The Bertz CT molecular complexity index is 2480. The van der Waals surface area contributed by atoms with E-state index in [0.717, 1.165) is 30.3 Å². The number of ether oxygens (including phenoxy) is 1. The van der Waals surface area contributed by atoms with Crippen molar-refractivity contribution in [2.45, 2.75) is 106 Å². The molecule has 1 aliphatic rings. The molecule has 380 valence electrons. The van der Waals surface area contributed by atoms with Crippen molar-refractivity contribution in [3.05, 3.63) is 163 Å². The summed E-state index contributed by atoms with van der Waals surface area (Å²) in [7, 11) is 0. The van der Waals surface area contributed by atoms with E-state index in [4.69, 9.17) is 10.1 Å². The Kier molecular flexibility index (Phi) is 22.3. The van der Waals surface area contributed by atoms with Crippen molar-refractivity contribution in [1.29, 1.82) is 0 Å². The molecule has 5 aromatic carbocycles. The third-order valence-corrected chi connectivity index (χ3v) is 11.5. The first-order valence-electron chi connectivity index (χ1n) is 22.3. The Balaban J connectivity index is 0.000000337. The van der Waals surface area contributed by atoms with Gasteiger partial charge >= 0.3 is 37.7 Å². The summed E-state index contributed by atoms with van der Waals surface area (Å²) in [4.78, 5) is 3.71. The van der Waals surface area contributed by atoms with E-state index >= 15 is 0 Å². The van der Waals surface area contributed by atoms with Crippen LogP contribution in [0.5, 0.6) is 0 Å². The van der Waals surface area contributed by atoms with Crippen LogP contribution in [0.1, 0.15) is 128 Å². The zero-order chi connectivity index (χ0) is 52.8. The number of nitrogens with one attached hydrogen (secondary N) is 1. The first kappa shape index (κ1) is 60.8. The van der Waals surface area contributed by atoms with E-state index in [0.29, 0.717) is 23.7 Å². The number of benzene rings is 5. The molecular weight excluding hydrogens is 992 g/mol.